The highest BCUT2D eigenvalue weighted by Crippen LogP contribution is 2.37. The van der Waals surface area contributed by atoms with Crippen LogP contribution in [-0.2, 0) is 4.79 Å². The molecule has 2 fully saturated rings. The van der Waals surface area contributed by atoms with Gasteiger partial charge in [-0.1, -0.05) is 26.7 Å². The number of carbonyl (C=O) groups is 1. The molecule has 1 saturated heterocycles. The Balaban J connectivity index is 1.87. The molecule has 3 heteroatoms. The number of rotatable bonds is 4. The molecule has 1 aliphatic carbocycles. The summed E-state index contributed by atoms with van der Waals surface area (Å²) in [4.78, 5) is 14.6. The Morgan fingerprint density at radius 3 is 2.53 bits per heavy atom. The third-order valence-electron chi connectivity index (χ3n) is 5.70. The monoisotopic (exact) mass is 266 g/mol. The molecule has 0 aromatic heterocycles. The van der Waals surface area contributed by atoms with Crippen molar-refractivity contribution in [2.75, 3.05) is 13.1 Å². The van der Waals surface area contributed by atoms with Crippen LogP contribution in [0.3, 0.4) is 0 Å². The van der Waals surface area contributed by atoms with E-state index in [2.05, 4.69) is 18.7 Å². The molecule has 2 unspecified atom stereocenters. The van der Waals surface area contributed by atoms with Crippen LogP contribution >= 0.6 is 0 Å². The van der Waals surface area contributed by atoms with E-state index in [0.29, 0.717) is 23.7 Å². The van der Waals surface area contributed by atoms with Gasteiger partial charge in [-0.25, -0.2) is 0 Å². The first kappa shape index (κ1) is 14.8. The van der Waals surface area contributed by atoms with Crippen molar-refractivity contribution >= 4 is 5.91 Å². The van der Waals surface area contributed by atoms with Gasteiger partial charge in [-0.2, -0.15) is 0 Å². The van der Waals surface area contributed by atoms with Gasteiger partial charge in [0.25, 0.3) is 0 Å². The second-order valence-electron chi connectivity index (χ2n) is 6.68. The number of amides is 1. The lowest BCUT2D eigenvalue weighted by molar-refractivity contribution is -0.132. The minimum Gasteiger partial charge on any atom is -0.342 e. The summed E-state index contributed by atoms with van der Waals surface area (Å²) in [6.07, 6.45) is 8.99. The number of carbonyl (C=O) groups excluding carboxylic acids is 1. The summed E-state index contributed by atoms with van der Waals surface area (Å²) in [5, 5.41) is 0. The fourth-order valence-corrected chi connectivity index (χ4v) is 3.82. The molecule has 2 rings (SSSR count). The molecule has 110 valence electrons. The van der Waals surface area contributed by atoms with E-state index in [-0.39, 0.29) is 6.04 Å². The first-order valence-corrected chi connectivity index (χ1v) is 8.13. The van der Waals surface area contributed by atoms with Crippen molar-refractivity contribution in [2.24, 2.45) is 17.1 Å². The summed E-state index contributed by atoms with van der Waals surface area (Å²) < 4.78 is 0. The summed E-state index contributed by atoms with van der Waals surface area (Å²) in [5.41, 5.74) is 6.55. The molecule has 0 aromatic rings. The third-order valence-corrected chi connectivity index (χ3v) is 5.70. The molecule has 3 nitrogen and oxygen atoms in total. The van der Waals surface area contributed by atoms with E-state index >= 15 is 0 Å². The van der Waals surface area contributed by atoms with E-state index in [1.54, 1.807) is 0 Å². The van der Waals surface area contributed by atoms with Gasteiger partial charge in [-0.05, 0) is 43.4 Å². The Bertz CT molecular complexity index is 312. The van der Waals surface area contributed by atoms with Gasteiger partial charge in [-0.3, -0.25) is 4.79 Å². The molecule has 1 amide bonds. The van der Waals surface area contributed by atoms with Crippen LogP contribution in [0.5, 0.6) is 0 Å². The van der Waals surface area contributed by atoms with E-state index in [1.165, 1.54) is 32.1 Å². The van der Waals surface area contributed by atoms with E-state index in [9.17, 15) is 4.79 Å². The van der Waals surface area contributed by atoms with Crippen LogP contribution in [0.25, 0.3) is 0 Å². The number of hydrogen-bond donors (Lipinski definition) is 1. The molecule has 0 radical (unpaired) electrons. The van der Waals surface area contributed by atoms with Crippen molar-refractivity contribution in [3.05, 3.63) is 0 Å². The summed E-state index contributed by atoms with van der Waals surface area (Å²) >= 11 is 0. The molecule has 1 saturated carbocycles. The highest BCUT2D eigenvalue weighted by molar-refractivity contribution is 5.77. The topological polar surface area (TPSA) is 46.3 Å². The van der Waals surface area contributed by atoms with Gasteiger partial charge in [0.1, 0.15) is 0 Å². The Morgan fingerprint density at radius 1 is 1.26 bits per heavy atom. The maximum Gasteiger partial charge on any atom is 0.222 e. The molecular weight excluding hydrogens is 236 g/mol. The fourth-order valence-electron chi connectivity index (χ4n) is 3.82. The smallest absolute Gasteiger partial charge is 0.222 e. The van der Waals surface area contributed by atoms with Crippen molar-refractivity contribution in [3.63, 3.8) is 0 Å². The normalized spacial score (nSPS) is 30.6. The maximum atomic E-state index is 12.4. The van der Waals surface area contributed by atoms with E-state index < -0.39 is 0 Å². The van der Waals surface area contributed by atoms with Gasteiger partial charge >= 0.3 is 0 Å². The lowest BCUT2D eigenvalue weighted by Crippen LogP contribution is -2.38. The van der Waals surface area contributed by atoms with Crippen molar-refractivity contribution in [2.45, 2.75) is 71.3 Å². The quantitative estimate of drug-likeness (QED) is 0.850. The molecular formula is C16H30N2O. The van der Waals surface area contributed by atoms with Crippen molar-refractivity contribution < 1.29 is 4.79 Å². The average Bonchev–Trinajstić information content (AvgIpc) is 2.87. The predicted molar refractivity (Wildman–Crippen MR) is 78.8 cm³/mol. The zero-order chi connectivity index (χ0) is 13.9. The van der Waals surface area contributed by atoms with Crippen LogP contribution in [0.15, 0.2) is 0 Å². The minimum atomic E-state index is 0.252. The van der Waals surface area contributed by atoms with Crippen molar-refractivity contribution in [1.82, 2.24) is 4.90 Å². The maximum absolute atomic E-state index is 12.4. The lowest BCUT2D eigenvalue weighted by Gasteiger charge is -2.30. The molecule has 1 aliphatic heterocycles. The Morgan fingerprint density at radius 2 is 1.95 bits per heavy atom. The van der Waals surface area contributed by atoms with Crippen molar-refractivity contribution in [1.29, 1.82) is 0 Å². The number of nitrogens with zero attached hydrogens (tertiary/aromatic N) is 1. The minimum absolute atomic E-state index is 0.252. The summed E-state index contributed by atoms with van der Waals surface area (Å²) in [7, 11) is 0. The Kier molecular flexibility index (Phi) is 4.88. The summed E-state index contributed by atoms with van der Waals surface area (Å²) in [6.45, 7) is 6.45. The summed E-state index contributed by atoms with van der Waals surface area (Å²) in [6, 6.07) is 0.252. The van der Waals surface area contributed by atoms with Gasteiger partial charge in [0, 0.05) is 25.6 Å². The molecule has 0 bridgehead atoms. The standard InChI is InChI=1S/C16H30N2O/c1-3-16(4-2)9-10-18(12-16)15(19)11-13-7-5-6-8-14(13)17/h13-14H,3-12,17H2,1-2H3. The number of nitrogens with two attached hydrogens (primary N) is 1. The first-order chi connectivity index (χ1) is 9.10. The van der Waals surface area contributed by atoms with Crippen LogP contribution in [0, 0.1) is 11.3 Å². The van der Waals surface area contributed by atoms with Crippen LogP contribution in [0.1, 0.15) is 65.2 Å². The highest BCUT2D eigenvalue weighted by atomic mass is 16.2. The SMILES string of the molecule is CCC1(CC)CCN(C(=O)CC2CCCCC2N)C1. The second-order valence-corrected chi connectivity index (χ2v) is 6.68. The highest BCUT2D eigenvalue weighted by Gasteiger charge is 2.37. The third kappa shape index (κ3) is 3.31. The number of likely N-dealkylation sites (tertiary alicyclic amines) is 1. The van der Waals surface area contributed by atoms with Crippen LogP contribution in [0.2, 0.25) is 0 Å². The summed E-state index contributed by atoms with van der Waals surface area (Å²) in [5.74, 6) is 0.783. The molecule has 2 N–H and O–H groups in total. The second kappa shape index (κ2) is 6.25. The Hall–Kier alpha value is -0.570. The molecule has 19 heavy (non-hydrogen) atoms. The lowest BCUT2D eigenvalue weighted by atomic mass is 9.81. The predicted octanol–water partition coefficient (Wildman–Crippen LogP) is 2.93. The van der Waals surface area contributed by atoms with Crippen molar-refractivity contribution in [3.8, 4) is 0 Å². The van der Waals surface area contributed by atoms with Gasteiger partial charge in [0.15, 0.2) is 0 Å². The van der Waals surface area contributed by atoms with E-state index in [0.717, 1.165) is 25.9 Å². The molecule has 2 aliphatic rings. The molecule has 1 heterocycles. The van der Waals surface area contributed by atoms with Crippen LogP contribution in [-0.4, -0.2) is 29.9 Å². The average molecular weight is 266 g/mol. The Labute approximate surface area is 117 Å². The van der Waals surface area contributed by atoms with Gasteiger partial charge in [0.2, 0.25) is 5.91 Å². The molecule has 2 atom stereocenters. The van der Waals surface area contributed by atoms with Gasteiger partial charge in [0.05, 0.1) is 0 Å². The number of hydrogen-bond acceptors (Lipinski definition) is 2. The van der Waals surface area contributed by atoms with E-state index in [4.69, 9.17) is 5.73 Å². The molecule has 0 spiro atoms. The van der Waals surface area contributed by atoms with E-state index in [1.807, 2.05) is 0 Å². The van der Waals surface area contributed by atoms with Crippen LogP contribution in [0.4, 0.5) is 0 Å². The zero-order valence-corrected chi connectivity index (χ0v) is 12.7. The van der Waals surface area contributed by atoms with Gasteiger partial charge < -0.3 is 10.6 Å². The zero-order valence-electron chi connectivity index (χ0n) is 12.7. The fraction of sp³-hybridized carbons (Fsp3) is 0.938. The first-order valence-electron chi connectivity index (χ1n) is 8.13. The largest absolute Gasteiger partial charge is 0.342 e. The van der Waals surface area contributed by atoms with Crippen LogP contribution < -0.4 is 5.73 Å². The van der Waals surface area contributed by atoms with Gasteiger partial charge in [-0.15, -0.1) is 0 Å². The molecule has 0 aromatic carbocycles.